The van der Waals surface area contributed by atoms with E-state index < -0.39 is 41.6 Å². The molecule has 2 aromatic rings. The fraction of sp³-hybridized carbons (Fsp3) is 0.318. The molecule has 0 unspecified atom stereocenters. The minimum absolute atomic E-state index is 0.487. The molecule has 4 atom stereocenters. The van der Waals surface area contributed by atoms with Crippen molar-refractivity contribution in [1.82, 2.24) is 4.90 Å². The Balaban J connectivity index is 2.18. The summed E-state index contributed by atoms with van der Waals surface area (Å²) in [7, 11) is 4.30. The average Bonchev–Trinajstić information content (AvgIpc) is 2.74. The molecular formula is C22H23NO5. The molecule has 1 aliphatic heterocycles. The number of carbonyl (C=O) groups is 3. The Bertz CT molecular complexity index is 782. The molecule has 0 aromatic heterocycles. The molecule has 1 aliphatic rings. The van der Waals surface area contributed by atoms with Crippen LogP contribution in [0, 0.1) is 11.8 Å². The molecular weight excluding hydrogens is 358 g/mol. The van der Waals surface area contributed by atoms with Gasteiger partial charge in [0, 0.05) is 0 Å². The molecule has 0 bridgehead atoms. The number of ketones is 1. The number of methoxy groups -OCH3 is 2. The van der Waals surface area contributed by atoms with Gasteiger partial charge in [-0.1, -0.05) is 60.7 Å². The normalized spacial score (nSPS) is 25.2. The first-order valence-electron chi connectivity index (χ1n) is 9.02. The van der Waals surface area contributed by atoms with E-state index in [4.69, 9.17) is 9.47 Å². The molecule has 0 aliphatic carbocycles. The van der Waals surface area contributed by atoms with Gasteiger partial charge in [-0.3, -0.25) is 19.3 Å². The van der Waals surface area contributed by atoms with E-state index in [0.29, 0.717) is 0 Å². The van der Waals surface area contributed by atoms with Crippen LogP contribution in [0.3, 0.4) is 0 Å². The van der Waals surface area contributed by atoms with Crippen molar-refractivity contribution in [3.8, 4) is 0 Å². The lowest BCUT2D eigenvalue weighted by atomic mass is 9.73. The van der Waals surface area contributed by atoms with E-state index in [9.17, 15) is 14.4 Å². The van der Waals surface area contributed by atoms with Crippen LogP contribution in [0.5, 0.6) is 0 Å². The number of ether oxygens (including phenoxy) is 2. The lowest BCUT2D eigenvalue weighted by Gasteiger charge is -2.46. The van der Waals surface area contributed by atoms with Crippen molar-refractivity contribution in [2.75, 3.05) is 21.3 Å². The van der Waals surface area contributed by atoms with Crippen LogP contribution in [-0.4, -0.2) is 43.9 Å². The fourth-order valence-electron chi connectivity index (χ4n) is 4.05. The number of Topliss-reactive ketones (excluding diaryl/α,β-unsaturated/α-hetero) is 1. The van der Waals surface area contributed by atoms with Crippen molar-refractivity contribution in [1.29, 1.82) is 0 Å². The third-order valence-electron chi connectivity index (χ3n) is 5.31. The number of hydrogen-bond acceptors (Lipinski definition) is 6. The zero-order valence-electron chi connectivity index (χ0n) is 16.1. The van der Waals surface area contributed by atoms with Gasteiger partial charge >= 0.3 is 11.9 Å². The number of esters is 2. The van der Waals surface area contributed by atoms with Crippen LogP contribution in [0.1, 0.15) is 23.2 Å². The topological polar surface area (TPSA) is 72.9 Å². The maximum Gasteiger partial charge on any atom is 0.318 e. The van der Waals surface area contributed by atoms with Crippen LogP contribution in [0.25, 0.3) is 0 Å². The molecule has 28 heavy (non-hydrogen) atoms. The second kappa shape index (κ2) is 8.35. The van der Waals surface area contributed by atoms with Gasteiger partial charge in [-0.2, -0.15) is 0 Å². The van der Waals surface area contributed by atoms with Crippen molar-refractivity contribution >= 4 is 17.7 Å². The molecule has 2 aromatic carbocycles. The van der Waals surface area contributed by atoms with Crippen LogP contribution in [0.15, 0.2) is 60.7 Å². The van der Waals surface area contributed by atoms with Gasteiger partial charge in [0.25, 0.3) is 0 Å². The summed E-state index contributed by atoms with van der Waals surface area (Å²) in [5.41, 5.74) is 1.61. The lowest BCUT2D eigenvalue weighted by molar-refractivity contribution is -0.167. The smallest absolute Gasteiger partial charge is 0.318 e. The van der Waals surface area contributed by atoms with Gasteiger partial charge in [-0.05, 0) is 18.2 Å². The van der Waals surface area contributed by atoms with Crippen molar-refractivity contribution in [3.05, 3.63) is 71.8 Å². The Kier molecular flexibility index (Phi) is 5.90. The number of hydrogen-bond donors (Lipinski definition) is 0. The molecule has 146 valence electrons. The Morgan fingerprint density at radius 1 is 0.750 bits per heavy atom. The number of piperidine rings is 1. The predicted octanol–water partition coefficient (Wildman–Crippen LogP) is 2.56. The summed E-state index contributed by atoms with van der Waals surface area (Å²) in [5, 5.41) is 0. The van der Waals surface area contributed by atoms with Crippen LogP contribution in [-0.2, 0) is 23.9 Å². The van der Waals surface area contributed by atoms with Crippen molar-refractivity contribution in [2.45, 2.75) is 12.1 Å². The summed E-state index contributed by atoms with van der Waals surface area (Å²) >= 11 is 0. The van der Waals surface area contributed by atoms with Crippen LogP contribution in [0.2, 0.25) is 0 Å². The average molecular weight is 381 g/mol. The molecule has 0 amide bonds. The number of rotatable bonds is 4. The lowest BCUT2D eigenvalue weighted by Crippen LogP contribution is -2.54. The summed E-state index contributed by atoms with van der Waals surface area (Å²) < 4.78 is 9.85. The fourth-order valence-corrected chi connectivity index (χ4v) is 4.05. The zero-order chi connectivity index (χ0) is 20.3. The van der Waals surface area contributed by atoms with Gasteiger partial charge in [-0.15, -0.1) is 0 Å². The first kappa shape index (κ1) is 19.8. The number of carbonyl (C=O) groups excluding carboxylic acids is 3. The highest BCUT2D eigenvalue weighted by Gasteiger charge is 2.54. The first-order valence-corrected chi connectivity index (χ1v) is 9.02. The highest BCUT2D eigenvalue weighted by molar-refractivity contribution is 6.10. The first-order chi connectivity index (χ1) is 13.5. The van der Waals surface area contributed by atoms with E-state index in [1.54, 1.807) is 0 Å². The Labute approximate surface area is 164 Å². The SMILES string of the molecule is COC(=O)[C@H]1C(=O)[C@@H](C(=O)OC)[C@H](c2ccccc2)N(C)[C@@H]1c1ccccc1. The zero-order valence-corrected chi connectivity index (χ0v) is 16.1. The highest BCUT2D eigenvalue weighted by atomic mass is 16.5. The maximum absolute atomic E-state index is 13.4. The Morgan fingerprint density at radius 2 is 1.11 bits per heavy atom. The van der Waals surface area contributed by atoms with Crippen molar-refractivity contribution < 1.29 is 23.9 Å². The van der Waals surface area contributed by atoms with Crippen molar-refractivity contribution in [3.63, 3.8) is 0 Å². The quantitative estimate of drug-likeness (QED) is 0.599. The third kappa shape index (κ3) is 3.43. The molecule has 6 nitrogen and oxygen atoms in total. The largest absolute Gasteiger partial charge is 0.468 e. The summed E-state index contributed by atoms with van der Waals surface area (Å²) in [6, 6.07) is 17.5. The van der Waals surface area contributed by atoms with Crippen molar-refractivity contribution in [2.24, 2.45) is 11.8 Å². The summed E-state index contributed by atoms with van der Waals surface area (Å²) in [5.74, 6) is -4.06. The summed E-state index contributed by atoms with van der Waals surface area (Å²) in [6.07, 6.45) is 0. The van der Waals surface area contributed by atoms with E-state index >= 15 is 0 Å². The summed E-state index contributed by atoms with van der Waals surface area (Å²) in [6.45, 7) is 0. The van der Waals surface area contributed by atoms with Gasteiger partial charge in [-0.25, -0.2) is 0 Å². The minimum Gasteiger partial charge on any atom is -0.468 e. The van der Waals surface area contributed by atoms with E-state index in [1.807, 2.05) is 72.6 Å². The Morgan fingerprint density at radius 3 is 1.43 bits per heavy atom. The van der Waals surface area contributed by atoms with Crippen LogP contribution >= 0.6 is 0 Å². The van der Waals surface area contributed by atoms with Gasteiger partial charge < -0.3 is 9.47 Å². The molecule has 0 radical (unpaired) electrons. The second-order valence-corrected chi connectivity index (χ2v) is 6.78. The molecule has 1 heterocycles. The van der Waals surface area contributed by atoms with Crippen LogP contribution in [0.4, 0.5) is 0 Å². The standard InChI is InChI=1S/C22H23NO5/c1-23-18(14-10-6-4-7-11-14)16(21(25)27-2)20(24)17(22(26)28-3)19(23)15-12-8-5-9-13-15/h4-13,16-19H,1-3H3/t16-,17+,18-,19+. The van der Waals surface area contributed by atoms with E-state index in [-0.39, 0.29) is 0 Å². The molecule has 0 saturated carbocycles. The second-order valence-electron chi connectivity index (χ2n) is 6.78. The van der Waals surface area contributed by atoms with Gasteiger partial charge in [0.15, 0.2) is 5.78 Å². The monoisotopic (exact) mass is 381 g/mol. The number of benzene rings is 2. The van der Waals surface area contributed by atoms with Crippen LogP contribution < -0.4 is 0 Å². The predicted molar refractivity (Wildman–Crippen MR) is 102 cm³/mol. The van der Waals surface area contributed by atoms with E-state index in [2.05, 4.69) is 0 Å². The Hall–Kier alpha value is -2.99. The van der Waals surface area contributed by atoms with Gasteiger partial charge in [0.1, 0.15) is 11.8 Å². The molecule has 3 rings (SSSR count). The van der Waals surface area contributed by atoms with Gasteiger partial charge in [0.2, 0.25) is 0 Å². The number of nitrogens with zero attached hydrogens (tertiary/aromatic N) is 1. The summed E-state index contributed by atoms with van der Waals surface area (Å²) in [4.78, 5) is 40.5. The molecule has 6 heteroatoms. The highest BCUT2D eigenvalue weighted by Crippen LogP contribution is 2.46. The molecule has 0 spiro atoms. The number of likely N-dealkylation sites (tertiary alicyclic amines) is 1. The molecule has 1 fully saturated rings. The maximum atomic E-state index is 13.4. The van der Waals surface area contributed by atoms with E-state index in [0.717, 1.165) is 11.1 Å². The minimum atomic E-state index is -1.12. The van der Waals surface area contributed by atoms with E-state index in [1.165, 1.54) is 14.2 Å². The third-order valence-corrected chi connectivity index (χ3v) is 5.31. The molecule has 1 saturated heterocycles. The molecule has 0 N–H and O–H groups in total. The van der Waals surface area contributed by atoms with Gasteiger partial charge in [0.05, 0.1) is 26.3 Å².